The number of nitrogens with one attached hydrogen (secondary N) is 2. The van der Waals surface area contributed by atoms with E-state index in [1.54, 1.807) is 24.5 Å². The highest BCUT2D eigenvalue weighted by atomic mass is 32.1. The fraction of sp³-hybridized carbons (Fsp3) is 0.238. The molecule has 3 heterocycles. The van der Waals surface area contributed by atoms with Crippen molar-refractivity contribution in [2.45, 2.75) is 0 Å². The van der Waals surface area contributed by atoms with Gasteiger partial charge in [-0.05, 0) is 43.4 Å². The highest BCUT2D eigenvalue weighted by Crippen LogP contribution is 2.32. The third kappa shape index (κ3) is 4.98. The topological polar surface area (TPSA) is 111 Å². The number of likely N-dealkylation sites (N-methyl/N-ethyl adjacent to an activating group) is 1. The van der Waals surface area contributed by atoms with E-state index < -0.39 is 12.0 Å². The van der Waals surface area contributed by atoms with Crippen molar-refractivity contribution in [1.29, 1.82) is 0 Å². The normalized spacial score (nSPS) is 14.3. The molecule has 31 heavy (non-hydrogen) atoms. The first-order chi connectivity index (χ1) is 15.0. The molecule has 0 bridgehead atoms. The Balaban J connectivity index is 1.43. The highest BCUT2D eigenvalue weighted by molar-refractivity contribution is 7.19. The molecule has 3 aromatic rings. The Hall–Kier alpha value is -3.50. The van der Waals surface area contributed by atoms with Gasteiger partial charge in [0.15, 0.2) is 5.69 Å². The van der Waals surface area contributed by atoms with Gasteiger partial charge in [0.1, 0.15) is 10.0 Å². The Kier molecular flexibility index (Phi) is 6.10. The number of carboxylic acids is 1. The molecule has 1 aliphatic rings. The molecule has 1 aliphatic heterocycles. The maximum Gasteiger partial charge on any atom is 0.357 e. The van der Waals surface area contributed by atoms with Crippen LogP contribution >= 0.6 is 11.3 Å². The van der Waals surface area contributed by atoms with Gasteiger partial charge in [-0.15, -0.1) is 0 Å². The Morgan fingerprint density at radius 2 is 1.68 bits per heavy atom. The molecular weight excluding hydrogens is 416 g/mol. The van der Waals surface area contributed by atoms with Crippen molar-refractivity contribution >= 4 is 39.7 Å². The minimum atomic E-state index is -1.21. The molecule has 0 spiro atoms. The van der Waals surface area contributed by atoms with Crippen LogP contribution in [0.15, 0.2) is 48.8 Å². The molecule has 160 valence electrons. The summed E-state index contributed by atoms with van der Waals surface area (Å²) in [6.45, 7) is 3.97. The van der Waals surface area contributed by atoms with Crippen molar-refractivity contribution in [3.63, 3.8) is 0 Å². The van der Waals surface area contributed by atoms with Crippen molar-refractivity contribution in [3.8, 4) is 10.6 Å². The third-order valence-corrected chi connectivity index (χ3v) is 6.00. The fourth-order valence-corrected chi connectivity index (χ4v) is 4.21. The van der Waals surface area contributed by atoms with E-state index in [9.17, 15) is 14.7 Å². The zero-order valence-corrected chi connectivity index (χ0v) is 17.7. The summed E-state index contributed by atoms with van der Waals surface area (Å²) >= 11 is 1.10. The number of carbonyl (C=O) groups excluding carboxylic acids is 1. The zero-order chi connectivity index (χ0) is 21.8. The highest BCUT2D eigenvalue weighted by Gasteiger charge is 2.20. The Bertz CT molecular complexity index is 1060. The van der Waals surface area contributed by atoms with Crippen LogP contribution in [0, 0.1) is 0 Å². The van der Waals surface area contributed by atoms with Gasteiger partial charge in [0.2, 0.25) is 0 Å². The van der Waals surface area contributed by atoms with E-state index in [0.717, 1.165) is 48.8 Å². The summed E-state index contributed by atoms with van der Waals surface area (Å²) in [7, 11) is 2.11. The van der Waals surface area contributed by atoms with Crippen molar-refractivity contribution < 1.29 is 14.7 Å². The third-order valence-electron chi connectivity index (χ3n) is 4.98. The summed E-state index contributed by atoms with van der Waals surface area (Å²) in [5, 5.41) is 15.5. The van der Waals surface area contributed by atoms with Gasteiger partial charge in [-0.1, -0.05) is 11.3 Å². The van der Waals surface area contributed by atoms with Crippen LogP contribution < -0.4 is 15.5 Å². The van der Waals surface area contributed by atoms with Crippen molar-refractivity contribution in [2.24, 2.45) is 0 Å². The van der Waals surface area contributed by atoms with Gasteiger partial charge in [0.05, 0.1) is 0 Å². The predicted molar refractivity (Wildman–Crippen MR) is 121 cm³/mol. The van der Waals surface area contributed by atoms with Gasteiger partial charge in [-0.3, -0.25) is 10.3 Å². The molecule has 0 radical (unpaired) electrons. The van der Waals surface area contributed by atoms with Gasteiger partial charge < -0.3 is 20.2 Å². The fourth-order valence-electron chi connectivity index (χ4n) is 3.25. The number of carbonyl (C=O) groups is 2. The van der Waals surface area contributed by atoms with Crippen LogP contribution in [0.4, 0.5) is 21.2 Å². The largest absolute Gasteiger partial charge is 0.476 e. The van der Waals surface area contributed by atoms with Crippen LogP contribution in [0.1, 0.15) is 10.5 Å². The number of carboxylic acid groups (broad SMARTS) is 1. The van der Waals surface area contributed by atoms with Crippen LogP contribution in [0.25, 0.3) is 10.6 Å². The number of aromatic carboxylic acids is 1. The molecule has 2 amide bonds. The van der Waals surface area contributed by atoms with Gasteiger partial charge in [0.25, 0.3) is 0 Å². The summed E-state index contributed by atoms with van der Waals surface area (Å²) < 4.78 is 0. The first kappa shape index (κ1) is 20.8. The SMILES string of the molecule is CN1CCN(c2ccc(NC(=O)Nc3sc(-c4ccncc4)nc3C(=O)O)cc2)CC1. The monoisotopic (exact) mass is 438 g/mol. The van der Waals surface area contributed by atoms with E-state index in [1.807, 2.05) is 24.3 Å². The van der Waals surface area contributed by atoms with Gasteiger partial charge in [0, 0.05) is 55.5 Å². The molecule has 0 aliphatic carbocycles. The first-order valence-electron chi connectivity index (χ1n) is 9.75. The number of thiazole rings is 1. The summed E-state index contributed by atoms with van der Waals surface area (Å²) in [6.07, 6.45) is 3.20. The lowest BCUT2D eigenvalue weighted by atomic mass is 10.2. The number of pyridine rings is 1. The lowest BCUT2D eigenvalue weighted by molar-refractivity contribution is 0.0692. The van der Waals surface area contributed by atoms with E-state index >= 15 is 0 Å². The second-order valence-electron chi connectivity index (χ2n) is 7.15. The second kappa shape index (κ2) is 9.11. The standard InChI is InChI=1S/C21H22N6O3S/c1-26-10-12-27(13-11-26)16-4-2-15(3-5-16)23-21(30)25-19-17(20(28)29)24-18(31-19)14-6-8-22-9-7-14/h2-9H,10-13H2,1H3,(H,28,29)(H2,23,25,30). The van der Waals surface area contributed by atoms with E-state index in [-0.39, 0.29) is 10.7 Å². The lowest BCUT2D eigenvalue weighted by Gasteiger charge is -2.34. The molecular formula is C21H22N6O3S. The van der Waals surface area contributed by atoms with Crippen LogP contribution in [0.3, 0.4) is 0 Å². The average Bonchev–Trinajstić information content (AvgIpc) is 3.19. The van der Waals surface area contributed by atoms with Crippen LogP contribution in [0.2, 0.25) is 0 Å². The number of benzene rings is 1. The van der Waals surface area contributed by atoms with Crippen molar-refractivity contribution in [3.05, 3.63) is 54.5 Å². The Labute approximate surface area is 183 Å². The van der Waals surface area contributed by atoms with E-state index in [2.05, 4.69) is 37.4 Å². The number of aromatic nitrogens is 2. The summed E-state index contributed by atoms with van der Waals surface area (Å²) in [6, 6.07) is 10.5. The molecule has 3 N–H and O–H groups in total. The Morgan fingerprint density at radius 1 is 1.00 bits per heavy atom. The predicted octanol–water partition coefficient (Wildman–Crippen LogP) is 3.30. The van der Waals surface area contributed by atoms with Gasteiger partial charge in [-0.25, -0.2) is 14.6 Å². The van der Waals surface area contributed by atoms with E-state index in [0.29, 0.717) is 10.7 Å². The van der Waals surface area contributed by atoms with Gasteiger partial charge in [-0.2, -0.15) is 0 Å². The molecule has 2 aromatic heterocycles. The smallest absolute Gasteiger partial charge is 0.357 e. The summed E-state index contributed by atoms with van der Waals surface area (Å²) in [5.74, 6) is -1.21. The number of rotatable bonds is 5. The van der Waals surface area contributed by atoms with E-state index in [1.165, 1.54) is 0 Å². The quantitative estimate of drug-likeness (QED) is 0.560. The molecule has 1 aromatic carbocycles. The number of urea groups is 1. The molecule has 9 nitrogen and oxygen atoms in total. The van der Waals surface area contributed by atoms with Crippen LogP contribution in [-0.4, -0.2) is 65.2 Å². The molecule has 0 saturated carbocycles. The lowest BCUT2D eigenvalue weighted by Crippen LogP contribution is -2.44. The number of amides is 2. The maximum absolute atomic E-state index is 12.5. The zero-order valence-electron chi connectivity index (χ0n) is 16.9. The van der Waals surface area contributed by atoms with Crippen LogP contribution in [0.5, 0.6) is 0 Å². The molecule has 1 fully saturated rings. The number of nitrogens with zero attached hydrogens (tertiary/aromatic N) is 4. The number of hydrogen-bond donors (Lipinski definition) is 3. The minimum absolute atomic E-state index is 0.172. The molecule has 0 unspecified atom stereocenters. The average molecular weight is 439 g/mol. The van der Waals surface area contributed by atoms with Crippen molar-refractivity contribution in [1.82, 2.24) is 14.9 Å². The number of anilines is 3. The number of piperazine rings is 1. The second-order valence-corrected chi connectivity index (χ2v) is 8.15. The van der Waals surface area contributed by atoms with E-state index in [4.69, 9.17) is 0 Å². The summed E-state index contributed by atoms with van der Waals surface area (Å²) in [4.78, 5) is 36.7. The van der Waals surface area contributed by atoms with Crippen molar-refractivity contribution in [2.75, 3.05) is 48.8 Å². The number of hydrogen-bond acceptors (Lipinski definition) is 7. The molecule has 0 atom stereocenters. The van der Waals surface area contributed by atoms with Crippen LogP contribution in [-0.2, 0) is 0 Å². The minimum Gasteiger partial charge on any atom is -0.476 e. The molecule has 1 saturated heterocycles. The molecule has 10 heteroatoms. The summed E-state index contributed by atoms with van der Waals surface area (Å²) in [5.41, 5.74) is 2.26. The molecule has 4 rings (SSSR count). The maximum atomic E-state index is 12.5. The first-order valence-corrected chi connectivity index (χ1v) is 10.6. The Morgan fingerprint density at radius 3 is 2.32 bits per heavy atom. The van der Waals surface area contributed by atoms with Gasteiger partial charge >= 0.3 is 12.0 Å².